The van der Waals surface area contributed by atoms with Crippen molar-refractivity contribution in [2.45, 2.75) is 173 Å². The monoisotopic (exact) mass is 902 g/mol. The average Bonchev–Trinajstić information content (AvgIpc) is 3.25. The molecule has 3 aliphatic heterocycles. The van der Waals surface area contributed by atoms with E-state index in [1.165, 1.54) is 13.2 Å². The number of cyclic esters (lactones) is 1. The van der Waals surface area contributed by atoms with E-state index in [1.807, 2.05) is 26.0 Å². The Bertz CT molecular complexity index is 1730. The van der Waals surface area contributed by atoms with Crippen LogP contribution in [0.1, 0.15) is 112 Å². The molecular weight excluding hydrogens is 827 g/mol. The quantitative estimate of drug-likeness (QED) is 0.149. The third-order valence-electron chi connectivity index (χ3n) is 13.9. The van der Waals surface area contributed by atoms with Gasteiger partial charge in [-0.2, -0.15) is 0 Å². The fourth-order valence-electron chi connectivity index (χ4n) is 9.70. The second-order valence-electron chi connectivity index (χ2n) is 19.1. The van der Waals surface area contributed by atoms with Crippen molar-refractivity contribution in [1.29, 1.82) is 0 Å². The summed E-state index contributed by atoms with van der Waals surface area (Å²) >= 11 is 0. The number of piperidine rings is 1. The minimum atomic E-state index is -2.57. The van der Waals surface area contributed by atoms with Crippen LogP contribution >= 0.6 is 0 Å². The second-order valence-corrected chi connectivity index (χ2v) is 19.1. The molecule has 360 valence electrons. The molecule has 1 aliphatic carbocycles. The van der Waals surface area contributed by atoms with Gasteiger partial charge in [0.15, 0.2) is 5.78 Å². The van der Waals surface area contributed by atoms with Crippen LogP contribution in [0.4, 0.5) is 0 Å². The fourth-order valence-corrected chi connectivity index (χ4v) is 9.70. The van der Waals surface area contributed by atoms with Crippen molar-refractivity contribution in [2.75, 3.05) is 20.8 Å². The minimum Gasteiger partial charge on any atom is -0.460 e. The Morgan fingerprint density at radius 1 is 0.844 bits per heavy atom. The zero-order valence-corrected chi connectivity index (χ0v) is 39.0. The second kappa shape index (κ2) is 24.4. The summed E-state index contributed by atoms with van der Waals surface area (Å²) in [4.78, 5) is 71.1. The number of carbonyl (C=O) groups excluding carboxylic acids is 5. The van der Waals surface area contributed by atoms with Gasteiger partial charge in [-0.15, -0.1) is 0 Å². The molecule has 1 saturated carbocycles. The highest BCUT2D eigenvalue weighted by Crippen LogP contribution is 2.37. The third kappa shape index (κ3) is 14.1. The molecule has 5 N–H and O–H groups in total. The smallest absolute Gasteiger partial charge is 0.329 e. The molecule has 16 atom stereocenters. The maximum Gasteiger partial charge on any atom is 0.329 e. The average molecular weight is 902 g/mol. The molecule has 5 unspecified atom stereocenters. The number of aliphatic hydroxyl groups is 5. The van der Waals surface area contributed by atoms with Crippen LogP contribution in [0.15, 0.2) is 48.1 Å². The standard InChI is InChI=1S/C49H75NO14/c1-28-13-11-9-10-12-14-35(51)25-37-18-15-33(6)49(60,64-37)46(57)47(58)50-27-36(52)17-19-38(50)48(59)63-41(30(3)23-34-16-20-39(53)42(24-34)61-7)26-40(54)29(2)22-32(5)44(56)45(62-8)43(55)31(4)21-28/h9-14,22,28-31,33-39,41-42,44-45,51-53,56,60H,15-21,23-27H2,1-8H3/b10-9+,13-11+,14-12+,32-22+/t28-,29-,30-,31-,33-,34?,35-,36?,37+,38?,39?,41+,42?,44-,45+,49-/m1/s1. The molecule has 4 aliphatic rings. The Morgan fingerprint density at radius 2 is 1.53 bits per heavy atom. The number of allylic oxidation sites excluding steroid dienone is 6. The number of ketones is 3. The largest absolute Gasteiger partial charge is 0.460 e. The molecule has 3 fully saturated rings. The first kappa shape index (κ1) is 53.2. The lowest BCUT2D eigenvalue weighted by atomic mass is 9.78. The number of hydrogen-bond donors (Lipinski definition) is 5. The van der Waals surface area contributed by atoms with Gasteiger partial charge in [0.05, 0.1) is 30.5 Å². The zero-order valence-electron chi connectivity index (χ0n) is 39.0. The van der Waals surface area contributed by atoms with E-state index in [0.717, 1.165) is 4.90 Å². The van der Waals surface area contributed by atoms with Crippen molar-refractivity contribution in [1.82, 2.24) is 4.90 Å². The van der Waals surface area contributed by atoms with E-state index in [0.29, 0.717) is 50.5 Å². The fraction of sp³-hybridized carbons (Fsp3) is 0.735. The molecule has 3 heterocycles. The number of carbonyl (C=O) groups is 5. The molecule has 0 radical (unpaired) electrons. The number of aliphatic hydroxyl groups excluding tert-OH is 4. The third-order valence-corrected chi connectivity index (χ3v) is 13.9. The minimum absolute atomic E-state index is 0.0151. The van der Waals surface area contributed by atoms with Gasteiger partial charge in [0.2, 0.25) is 5.79 Å². The number of nitrogens with zero attached hydrogens (tertiary/aromatic N) is 1. The number of hydrogen-bond acceptors (Lipinski definition) is 14. The van der Waals surface area contributed by atoms with E-state index in [2.05, 4.69) is 0 Å². The van der Waals surface area contributed by atoms with Crippen molar-refractivity contribution in [3.8, 4) is 0 Å². The van der Waals surface area contributed by atoms with Gasteiger partial charge < -0.3 is 49.4 Å². The highest BCUT2D eigenvalue weighted by atomic mass is 16.6. The lowest BCUT2D eigenvalue weighted by Crippen LogP contribution is -2.62. The summed E-state index contributed by atoms with van der Waals surface area (Å²) in [6, 6.07) is -1.33. The van der Waals surface area contributed by atoms with Gasteiger partial charge in [0.25, 0.3) is 11.7 Å². The van der Waals surface area contributed by atoms with Crippen molar-refractivity contribution in [3.63, 3.8) is 0 Å². The molecule has 15 heteroatoms. The maximum atomic E-state index is 14.3. The molecule has 64 heavy (non-hydrogen) atoms. The Kier molecular flexibility index (Phi) is 20.3. The van der Waals surface area contributed by atoms with Crippen LogP contribution in [0.3, 0.4) is 0 Å². The first-order valence-electron chi connectivity index (χ1n) is 23.2. The number of fused-ring (bicyclic) bond motifs is 3. The SMILES string of the molecule is COC1CC(C[C@@H](C)[C@@H]2CC(=O)[C@H](C)/C=C(\C)[C@@H](O)[C@@H](OC)C(=O)[C@H](C)C[C@H](C)/C=C/C=C/C=C/[C@@H](O)C[C@@H]3CC[C@@H](C)[C@@](O)(O3)C(=O)C(=O)N3CC(O)CCC3C(=O)O2)CCC1O. The van der Waals surface area contributed by atoms with E-state index < -0.39 is 102 Å². The Hall–Kier alpha value is -3.41. The van der Waals surface area contributed by atoms with Crippen molar-refractivity contribution in [3.05, 3.63) is 48.1 Å². The lowest BCUT2D eigenvalue weighted by molar-refractivity contribution is -0.265. The molecule has 2 bridgehead atoms. The molecule has 0 spiro atoms. The van der Waals surface area contributed by atoms with E-state index in [1.54, 1.807) is 59.1 Å². The van der Waals surface area contributed by atoms with E-state index in [-0.39, 0.29) is 55.2 Å². The lowest BCUT2D eigenvalue weighted by Gasteiger charge is -2.43. The summed E-state index contributed by atoms with van der Waals surface area (Å²) in [5.41, 5.74) is 0.352. The van der Waals surface area contributed by atoms with Gasteiger partial charge in [-0.05, 0) is 88.0 Å². The maximum absolute atomic E-state index is 14.3. The Morgan fingerprint density at radius 3 is 2.20 bits per heavy atom. The van der Waals surface area contributed by atoms with Crippen molar-refractivity contribution in [2.24, 2.45) is 35.5 Å². The Labute approximate surface area is 378 Å². The number of Topliss-reactive ketones (excluding diaryl/α,β-unsaturated/α-hetero) is 3. The van der Waals surface area contributed by atoms with Crippen LogP contribution in [-0.2, 0) is 42.9 Å². The van der Waals surface area contributed by atoms with Gasteiger partial charge in [-0.3, -0.25) is 19.2 Å². The van der Waals surface area contributed by atoms with Crippen molar-refractivity contribution < 1.29 is 68.5 Å². The number of ether oxygens (including phenoxy) is 4. The topological polar surface area (TPSA) is 227 Å². The van der Waals surface area contributed by atoms with Crippen LogP contribution < -0.4 is 0 Å². The molecule has 4 rings (SSSR count). The van der Waals surface area contributed by atoms with Crippen LogP contribution in [0.2, 0.25) is 0 Å². The van der Waals surface area contributed by atoms with E-state index in [9.17, 15) is 49.5 Å². The predicted molar refractivity (Wildman–Crippen MR) is 237 cm³/mol. The van der Waals surface area contributed by atoms with Gasteiger partial charge >= 0.3 is 5.97 Å². The molecule has 1 amide bonds. The van der Waals surface area contributed by atoms with Crippen LogP contribution in [0.5, 0.6) is 0 Å². The molecule has 0 aromatic carbocycles. The number of methoxy groups -OCH3 is 2. The van der Waals surface area contributed by atoms with E-state index in [4.69, 9.17) is 18.9 Å². The zero-order chi connectivity index (χ0) is 47.5. The summed E-state index contributed by atoms with van der Waals surface area (Å²) in [5, 5.41) is 55.1. The summed E-state index contributed by atoms with van der Waals surface area (Å²) in [6.07, 6.45) is 7.90. The Balaban J connectivity index is 1.69. The van der Waals surface area contributed by atoms with Crippen LogP contribution in [0, 0.1) is 35.5 Å². The van der Waals surface area contributed by atoms with Crippen LogP contribution in [0.25, 0.3) is 0 Å². The number of rotatable bonds is 5. The number of esters is 1. The number of amides is 1. The highest BCUT2D eigenvalue weighted by Gasteiger charge is 2.53. The summed E-state index contributed by atoms with van der Waals surface area (Å²) in [6.45, 7) is 10.1. The summed E-state index contributed by atoms with van der Waals surface area (Å²) in [7, 11) is 2.89. The normalized spacial score (nSPS) is 41.5. The molecule has 15 nitrogen and oxygen atoms in total. The van der Waals surface area contributed by atoms with Gasteiger partial charge in [0, 0.05) is 51.4 Å². The predicted octanol–water partition coefficient (Wildman–Crippen LogP) is 4.11. The molecule has 0 aromatic rings. The molecular formula is C49H75NO14. The summed E-state index contributed by atoms with van der Waals surface area (Å²) in [5.74, 6) is -9.00. The van der Waals surface area contributed by atoms with Crippen LogP contribution in [-0.4, -0.2) is 141 Å². The highest BCUT2D eigenvalue weighted by molar-refractivity contribution is 6.39. The van der Waals surface area contributed by atoms with Gasteiger partial charge in [-0.1, -0.05) is 77.2 Å². The van der Waals surface area contributed by atoms with E-state index >= 15 is 0 Å². The first-order valence-corrected chi connectivity index (χ1v) is 23.2. The summed E-state index contributed by atoms with van der Waals surface area (Å²) < 4.78 is 23.2. The van der Waals surface area contributed by atoms with Gasteiger partial charge in [-0.25, -0.2) is 4.79 Å². The van der Waals surface area contributed by atoms with Gasteiger partial charge in [0.1, 0.15) is 30.1 Å². The van der Waals surface area contributed by atoms with Crippen molar-refractivity contribution >= 4 is 29.2 Å². The molecule has 0 aromatic heterocycles. The molecule has 2 saturated heterocycles. The first-order chi connectivity index (χ1) is 30.2.